The van der Waals surface area contributed by atoms with E-state index < -0.39 is 0 Å². The predicted molar refractivity (Wildman–Crippen MR) is 54.7 cm³/mol. The summed E-state index contributed by atoms with van der Waals surface area (Å²) >= 11 is 6.11. The highest BCUT2D eigenvalue weighted by molar-refractivity contribution is 6.21. The van der Waals surface area contributed by atoms with Crippen molar-refractivity contribution >= 4 is 11.6 Å². The van der Waals surface area contributed by atoms with Gasteiger partial charge in [-0.3, -0.25) is 0 Å². The van der Waals surface area contributed by atoms with Crippen molar-refractivity contribution in [3.8, 4) is 0 Å². The highest BCUT2D eigenvalue weighted by Gasteiger charge is 2.46. The standard InChI is InChI=1S/C10H20ClN/c1-7(2)6-12-9-5-8(11)10(9,3)4/h7-9,12H,5-6H2,1-4H3. The van der Waals surface area contributed by atoms with Crippen LogP contribution in [0.4, 0.5) is 0 Å². The van der Waals surface area contributed by atoms with Crippen LogP contribution in [0, 0.1) is 11.3 Å². The second-order valence-electron chi connectivity index (χ2n) is 4.88. The average molecular weight is 190 g/mol. The molecule has 1 aliphatic rings. The first-order valence-corrected chi connectivity index (χ1v) is 5.25. The number of hydrogen-bond donors (Lipinski definition) is 1. The van der Waals surface area contributed by atoms with Crippen LogP contribution in [0.2, 0.25) is 0 Å². The van der Waals surface area contributed by atoms with Crippen LogP contribution in [0.15, 0.2) is 0 Å². The van der Waals surface area contributed by atoms with E-state index in [9.17, 15) is 0 Å². The summed E-state index contributed by atoms with van der Waals surface area (Å²) in [4.78, 5) is 0. The summed E-state index contributed by atoms with van der Waals surface area (Å²) in [6.07, 6.45) is 1.13. The molecule has 1 aliphatic carbocycles. The van der Waals surface area contributed by atoms with Crippen LogP contribution in [0.1, 0.15) is 34.1 Å². The van der Waals surface area contributed by atoms with E-state index in [-0.39, 0.29) is 5.41 Å². The van der Waals surface area contributed by atoms with Gasteiger partial charge in [-0.25, -0.2) is 0 Å². The molecular weight excluding hydrogens is 170 g/mol. The molecule has 0 spiro atoms. The van der Waals surface area contributed by atoms with Crippen LogP contribution >= 0.6 is 11.6 Å². The summed E-state index contributed by atoms with van der Waals surface area (Å²) in [5.74, 6) is 0.732. The van der Waals surface area contributed by atoms with Crippen molar-refractivity contribution in [1.82, 2.24) is 5.32 Å². The van der Waals surface area contributed by atoms with Gasteiger partial charge >= 0.3 is 0 Å². The Morgan fingerprint density at radius 2 is 2.08 bits per heavy atom. The summed E-state index contributed by atoms with van der Waals surface area (Å²) in [6, 6.07) is 0.627. The van der Waals surface area contributed by atoms with Crippen molar-refractivity contribution < 1.29 is 0 Å². The van der Waals surface area contributed by atoms with Gasteiger partial charge in [0.25, 0.3) is 0 Å². The van der Waals surface area contributed by atoms with Gasteiger partial charge in [0.2, 0.25) is 0 Å². The fourth-order valence-corrected chi connectivity index (χ4v) is 1.93. The average Bonchev–Trinajstić information content (AvgIpc) is 1.97. The van der Waals surface area contributed by atoms with E-state index in [1.54, 1.807) is 0 Å². The lowest BCUT2D eigenvalue weighted by molar-refractivity contribution is 0.114. The molecule has 0 aromatic rings. The Kier molecular flexibility index (Phi) is 3.06. The van der Waals surface area contributed by atoms with Gasteiger partial charge in [-0.15, -0.1) is 11.6 Å². The third-order valence-electron chi connectivity index (χ3n) is 2.92. The largest absolute Gasteiger partial charge is 0.313 e. The Morgan fingerprint density at radius 1 is 1.50 bits per heavy atom. The van der Waals surface area contributed by atoms with Crippen molar-refractivity contribution in [2.24, 2.45) is 11.3 Å². The summed E-state index contributed by atoms with van der Waals surface area (Å²) < 4.78 is 0. The third-order valence-corrected chi connectivity index (χ3v) is 3.66. The molecule has 0 heterocycles. The second kappa shape index (κ2) is 3.55. The predicted octanol–water partition coefficient (Wildman–Crippen LogP) is 2.64. The summed E-state index contributed by atoms with van der Waals surface area (Å²) in [5, 5.41) is 3.92. The van der Waals surface area contributed by atoms with Gasteiger partial charge < -0.3 is 5.32 Å². The lowest BCUT2D eigenvalue weighted by Crippen LogP contribution is -2.58. The van der Waals surface area contributed by atoms with Crippen LogP contribution in [-0.2, 0) is 0 Å². The van der Waals surface area contributed by atoms with Gasteiger partial charge in [-0.05, 0) is 24.3 Å². The van der Waals surface area contributed by atoms with Gasteiger partial charge in [0, 0.05) is 11.4 Å². The molecule has 1 nitrogen and oxygen atoms in total. The molecule has 0 radical (unpaired) electrons. The van der Waals surface area contributed by atoms with Crippen LogP contribution in [0.25, 0.3) is 0 Å². The normalized spacial score (nSPS) is 33.5. The molecule has 1 rings (SSSR count). The first-order chi connectivity index (χ1) is 5.44. The molecule has 0 saturated heterocycles. The molecule has 1 saturated carbocycles. The van der Waals surface area contributed by atoms with E-state index in [0.29, 0.717) is 11.4 Å². The van der Waals surface area contributed by atoms with Crippen LogP contribution in [-0.4, -0.2) is 18.0 Å². The smallest absolute Gasteiger partial charge is 0.0416 e. The Bertz CT molecular complexity index is 154. The molecule has 0 amide bonds. The fraction of sp³-hybridized carbons (Fsp3) is 1.00. The van der Waals surface area contributed by atoms with E-state index in [0.717, 1.165) is 18.9 Å². The molecule has 1 fully saturated rings. The molecule has 2 atom stereocenters. The van der Waals surface area contributed by atoms with Crippen LogP contribution in [0.3, 0.4) is 0 Å². The SMILES string of the molecule is CC(C)CNC1CC(Cl)C1(C)C. The summed E-state index contributed by atoms with van der Waals surface area (Å²) in [6.45, 7) is 10.1. The molecule has 72 valence electrons. The van der Waals surface area contributed by atoms with Crippen molar-refractivity contribution in [3.05, 3.63) is 0 Å². The number of hydrogen-bond acceptors (Lipinski definition) is 1. The maximum absolute atomic E-state index is 6.11. The quantitative estimate of drug-likeness (QED) is 0.674. The van der Waals surface area contributed by atoms with Crippen molar-refractivity contribution in [2.75, 3.05) is 6.54 Å². The zero-order valence-corrected chi connectivity index (χ0v) is 9.28. The van der Waals surface area contributed by atoms with Gasteiger partial charge in [-0.2, -0.15) is 0 Å². The zero-order valence-electron chi connectivity index (χ0n) is 8.52. The zero-order chi connectivity index (χ0) is 9.35. The third kappa shape index (κ3) is 1.94. The number of rotatable bonds is 3. The second-order valence-corrected chi connectivity index (χ2v) is 5.41. The lowest BCUT2D eigenvalue weighted by Gasteiger charge is -2.49. The van der Waals surface area contributed by atoms with E-state index in [1.165, 1.54) is 0 Å². The highest BCUT2D eigenvalue weighted by Crippen LogP contribution is 2.44. The minimum absolute atomic E-state index is 0.288. The van der Waals surface area contributed by atoms with E-state index in [4.69, 9.17) is 11.6 Å². The number of halogens is 1. The van der Waals surface area contributed by atoms with E-state index in [1.807, 2.05) is 0 Å². The molecule has 0 aromatic heterocycles. The Labute approximate surface area is 80.9 Å². The fourth-order valence-electron chi connectivity index (χ4n) is 1.60. The Hall–Kier alpha value is 0.250. The Morgan fingerprint density at radius 3 is 2.42 bits per heavy atom. The lowest BCUT2D eigenvalue weighted by atomic mass is 9.66. The van der Waals surface area contributed by atoms with Gasteiger partial charge in [0.1, 0.15) is 0 Å². The van der Waals surface area contributed by atoms with Crippen LogP contribution in [0.5, 0.6) is 0 Å². The van der Waals surface area contributed by atoms with E-state index in [2.05, 4.69) is 33.0 Å². The van der Waals surface area contributed by atoms with Crippen molar-refractivity contribution in [3.63, 3.8) is 0 Å². The molecule has 12 heavy (non-hydrogen) atoms. The van der Waals surface area contributed by atoms with Gasteiger partial charge in [0.15, 0.2) is 0 Å². The van der Waals surface area contributed by atoms with Gasteiger partial charge in [-0.1, -0.05) is 27.7 Å². The number of nitrogens with one attached hydrogen (secondary N) is 1. The van der Waals surface area contributed by atoms with Crippen LogP contribution < -0.4 is 5.32 Å². The molecular formula is C10H20ClN. The van der Waals surface area contributed by atoms with E-state index >= 15 is 0 Å². The number of alkyl halides is 1. The first kappa shape index (κ1) is 10.3. The molecule has 0 aliphatic heterocycles. The summed E-state index contributed by atoms with van der Waals surface area (Å²) in [7, 11) is 0. The minimum Gasteiger partial charge on any atom is -0.313 e. The van der Waals surface area contributed by atoms with Crippen molar-refractivity contribution in [1.29, 1.82) is 0 Å². The molecule has 0 bridgehead atoms. The van der Waals surface area contributed by atoms with Gasteiger partial charge in [0.05, 0.1) is 0 Å². The summed E-state index contributed by atoms with van der Waals surface area (Å²) in [5.41, 5.74) is 0.288. The van der Waals surface area contributed by atoms with Crippen molar-refractivity contribution in [2.45, 2.75) is 45.5 Å². The topological polar surface area (TPSA) is 12.0 Å². The minimum atomic E-state index is 0.288. The monoisotopic (exact) mass is 189 g/mol. The molecule has 2 unspecified atom stereocenters. The highest BCUT2D eigenvalue weighted by atomic mass is 35.5. The first-order valence-electron chi connectivity index (χ1n) is 4.82. The maximum atomic E-state index is 6.11. The molecule has 0 aromatic carbocycles. The molecule has 1 N–H and O–H groups in total. The maximum Gasteiger partial charge on any atom is 0.0416 e. The molecule has 2 heteroatoms. The Balaban J connectivity index is 2.28.